The molecule has 4 aromatic carbocycles. The second kappa shape index (κ2) is 10.9. The van der Waals surface area contributed by atoms with Gasteiger partial charge in [0, 0.05) is 10.7 Å². The Labute approximate surface area is 299 Å². The lowest BCUT2D eigenvalue weighted by molar-refractivity contribution is -0.0691. The summed E-state index contributed by atoms with van der Waals surface area (Å²) in [6.07, 6.45) is 8.87. The lowest BCUT2D eigenvalue weighted by Crippen LogP contribution is -2.67. The fourth-order valence-electron chi connectivity index (χ4n) is 9.74. The third-order valence-electron chi connectivity index (χ3n) is 10.9. The fraction of sp³-hybridized carbons (Fsp3) is 0.297. The van der Waals surface area contributed by atoms with Gasteiger partial charge in [0.05, 0.1) is 18.5 Å². The number of benzene rings is 4. The molecule has 5 aromatic rings. The zero-order valence-electron chi connectivity index (χ0n) is 24.2. The van der Waals surface area contributed by atoms with Crippen LogP contribution in [0.4, 0.5) is 0 Å². The second-order valence-electron chi connectivity index (χ2n) is 13.6. The monoisotopic (exact) mass is 915 g/mol. The molecule has 4 bridgehead atoms. The van der Waals surface area contributed by atoms with E-state index in [-0.39, 0.29) is 28.3 Å². The highest BCUT2D eigenvalue weighted by Crippen LogP contribution is 2.74. The predicted octanol–water partition coefficient (Wildman–Crippen LogP) is 9.01. The van der Waals surface area contributed by atoms with E-state index in [9.17, 15) is 5.11 Å². The Hall–Kier alpha value is -1.83. The maximum atomic E-state index is 9.52. The number of rotatable bonds is 6. The van der Waals surface area contributed by atoms with E-state index in [1.807, 2.05) is 6.20 Å². The van der Waals surface area contributed by atoms with Gasteiger partial charge >= 0.3 is 0 Å². The molecule has 0 amide bonds. The van der Waals surface area contributed by atoms with Crippen molar-refractivity contribution in [3.63, 3.8) is 0 Å². The van der Waals surface area contributed by atoms with E-state index in [1.54, 1.807) is 4.68 Å². The lowest BCUT2D eigenvalue weighted by Gasteiger charge is -2.71. The Bertz CT molecular complexity index is 1670. The zero-order chi connectivity index (χ0) is 30.2. The van der Waals surface area contributed by atoms with Crippen molar-refractivity contribution in [3.05, 3.63) is 142 Å². The molecule has 4 fully saturated rings. The summed E-state index contributed by atoms with van der Waals surface area (Å²) in [5, 5.41) is 17.9. The number of aromatic nitrogens is 3. The van der Waals surface area contributed by atoms with Crippen molar-refractivity contribution in [1.82, 2.24) is 15.0 Å². The van der Waals surface area contributed by atoms with Gasteiger partial charge in [-0.1, -0.05) is 53.7 Å². The van der Waals surface area contributed by atoms with Gasteiger partial charge in [-0.25, -0.2) is 4.68 Å². The van der Waals surface area contributed by atoms with Gasteiger partial charge in [-0.2, -0.15) is 0 Å². The van der Waals surface area contributed by atoms with Gasteiger partial charge < -0.3 is 5.11 Å². The van der Waals surface area contributed by atoms with E-state index in [4.69, 9.17) is 0 Å². The summed E-state index contributed by atoms with van der Waals surface area (Å²) < 4.78 is 5.64. The van der Waals surface area contributed by atoms with Crippen LogP contribution in [0.5, 0.6) is 0 Å². The van der Waals surface area contributed by atoms with Gasteiger partial charge in [0.2, 0.25) is 0 Å². The van der Waals surface area contributed by atoms with Crippen LogP contribution in [0.25, 0.3) is 5.69 Å². The van der Waals surface area contributed by atoms with Crippen LogP contribution in [-0.2, 0) is 28.3 Å². The molecule has 4 aliphatic carbocycles. The molecule has 0 atom stereocenters. The molecule has 222 valence electrons. The highest BCUT2D eigenvalue weighted by Gasteiger charge is 2.69. The van der Waals surface area contributed by atoms with Crippen LogP contribution in [0.3, 0.4) is 0 Å². The van der Waals surface area contributed by atoms with Gasteiger partial charge in [0.15, 0.2) is 0 Å². The SMILES string of the molecule is OCc1cn(-c2ccc(C34CC5(c6ccc(I)cc6)CC(c6ccc(I)cc6)(CC(c6ccc(I)cc6)(C5)C3)C4)cc2)nn1. The Morgan fingerprint density at radius 1 is 0.523 bits per heavy atom. The van der Waals surface area contributed by atoms with E-state index in [0.717, 1.165) is 24.9 Å². The normalized spacial score (nSPS) is 28.8. The Balaban J connectivity index is 1.34. The summed E-state index contributed by atoms with van der Waals surface area (Å²) in [6, 6.07) is 37.5. The first-order chi connectivity index (χ1) is 21.2. The van der Waals surface area contributed by atoms with Crippen LogP contribution in [-0.4, -0.2) is 20.1 Å². The van der Waals surface area contributed by atoms with Crippen LogP contribution in [0, 0.1) is 10.7 Å². The Morgan fingerprint density at radius 3 is 1.14 bits per heavy atom. The minimum absolute atomic E-state index is 0.0287. The van der Waals surface area contributed by atoms with Crippen LogP contribution in [0.15, 0.2) is 103 Å². The molecule has 4 nitrogen and oxygen atoms in total. The average Bonchev–Trinajstić information content (AvgIpc) is 3.51. The number of nitrogens with zero attached hydrogens (tertiary/aromatic N) is 3. The maximum absolute atomic E-state index is 9.52. The molecule has 44 heavy (non-hydrogen) atoms. The topological polar surface area (TPSA) is 50.9 Å². The molecule has 4 saturated carbocycles. The molecular weight excluding hydrogens is 883 g/mol. The van der Waals surface area contributed by atoms with Gasteiger partial charge in [0.25, 0.3) is 0 Å². The van der Waals surface area contributed by atoms with Crippen LogP contribution in [0.1, 0.15) is 66.5 Å². The van der Waals surface area contributed by atoms with Crippen molar-refractivity contribution in [1.29, 1.82) is 0 Å². The summed E-state index contributed by atoms with van der Waals surface area (Å²) in [4.78, 5) is 0. The smallest absolute Gasteiger partial charge is 0.109 e. The molecule has 4 aliphatic rings. The van der Waals surface area contributed by atoms with E-state index >= 15 is 0 Å². The molecule has 1 aromatic heterocycles. The molecule has 0 radical (unpaired) electrons. The van der Waals surface area contributed by atoms with Crippen molar-refractivity contribution in [2.24, 2.45) is 0 Å². The van der Waals surface area contributed by atoms with Crippen molar-refractivity contribution < 1.29 is 5.11 Å². The van der Waals surface area contributed by atoms with Gasteiger partial charge in [-0.3, -0.25) is 0 Å². The largest absolute Gasteiger partial charge is 0.390 e. The molecule has 1 N–H and O–H groups in total. The Morgan fingerprint density at radius 2 is 0.841 bits per heavy atom. The predicted molar refractivity (Wildman–Crippen MR) is 199 cm³/mol. The number of aliphatic hydroxyl groups excluding tert-OH is 1. The highest BCUT2D eigenvalue weighted by molar-refractivity contribution is 14.1. The number of hydrogen-bond donors (Lipinski definition) is 1. The molecule has 1 heterocycles. The maximum Gasteiger partial charge on any atom is 0.109 e. The quantitative estimate of drug-likeness (QED) is 0.173. The number of aliphatic hydroxyl groups is 1. The first kappa shape index (κ1) is 29.6. The minimum atomic E-state index is -0.108. The summed E-state index contributed by atoms with van der Waals surface area (Å²) >= 11 is 7.33. The first-order valence-corrected chi connectivity index (χ1v) is 18.4. The second-order valence-corrected chi connectivity index (χ2v) is 17.3. The lowest BCUT2D eigenvalue weighted by atomic mass is 9.32. The van der Waals surface area contributed by atoms with E-state index in [0.29, 0.717) is 5.69 Å². The molecule has 0 spiro atoms. The van der Waals surface area contributed by atoms with E-state index in [1.165, 1.54) is 52.2 Å². The molecule has 9 rings (SSSR count). The highest BCUT2D eigenvalue weighted by atomic mass is 127. The number of halogens is 3. The van der Waals surface area contributed by atoms with Crippen LogP contribution in [0.2, 0.25) is 0 Å². The fourth-order valence-corrected chi connectivity index (χ4v) is 10.8. The summed E-state index contributed by atoms with van der Waals surface area (Å²) in [5.41, 5.74) is 7.74. The standard InChI is InChI=1S/C37H32I3N3O/c38-29-9-1-25(2-10-29)34-19-35(26-3-11-30(39)12-4-26)21-36(20-34,27-5-13-31(40)14-6-27)24-37(22-34,23-35)28-7-15-33(16-8-28)43-17-32(18-44)41-42-43/h1-17,44H,18-24H2. The zero-order valence-corrected chi connectivity index (χ0v) is 30.7. The van der Waals surface area contributed by atoms with Crippen molar-refractivity contribution in [2.75, 3.05) is 0 Å². The summed E-state index contributed by atoms with van der Waals surface area (Å²) in [5.74, 6) is 0. The third kappa shape index (κ3) is 4.81. The Kier molecular flexibility index (Phi) is 7.30. The molecular formula is C37H32I3N3O. The van der Waals surface area contributed by atoms with Crippen molar-refractivity contribution in [3.8, 4) is 5.69 Å². The number of hydrogen-bond acceptors (Lipinski definition) is 3. The van der Waals surface area contributed by atoms with Gasteiger partial charge in [0.1, 0.15) is 5.69 Å². The molecule has 7 heteroatoms. The van der Waals surface area contributed by atoms with Crippen LogP contribution >= 0.6 is 67.8 Å². The summed E-state index contributed by atoms with van der Waals surface area (Å²) in [7, 11) is 0. The summed E-state index contributed by atoms with van der Waals surface area (Å²) in [6.45, 7) is -0.108. The van der Waals surface area contributed by atoms with Gasteiger partial charge in [-0.15, -0.1) is 5.10 Å². The van der Waals surface area contributed by atoms with Crippen molar-refractivity contribution >= 4 is 67.8 Å². The van der Waals surface area contributed by atoms with E-state index in [2.05, 4.69) is 175 Å². The molecule has 0 unspecified atom stereocenters. The van der Waals surface area contributed by atoms with Crippen LogP contribution < -0.4 is 0 Å². The third-order valence-corrected chi connectivity index (χ3v) is 13.0. The van der Waals surface area contributed by atoms with E-state index < -0.39 is 0 Å². The minimum Gasteiger partial charge on any atom is -0.390 e. The van der Waals surface area contributed by atoms with Gasteiger partial charge in [-0.05, 0) is 199 Å². The van der Waals surface area contributed by atoms with Crippen molar-refractivity contribution in [2.45, 2.75) is 66.8 Å². The first-order valence-electron chi connectivity index (χ1n) is 15.2. The average molecular weight is 915 g/mol. The molecule has 0 aliphatic heterocycles. The molecule has 0 saturated heterocycles.